The Hall–Kier alpha value is -3.67. The fourth-order valence-corrected chi connectivity index (χ4v) is 2.70. The minimum atomic E-state index is -0.303. The molecule has 0 bridgehead atoms. The second kappa shape index (κ2) is 7.06. The Morgan fingerprint density at radius 2 is 1.69 bits per heavy atom. The largest absolute Gasteiger partial charge is 0.467 e. The molecule has 2 heterocycles. The lowest BCUT2D eigenvalue weighted by Crippen LogP contribution is -2.23. The molecule has 0 aliphatic rings. The van der Waals surface area contributed by atoms with Gasteiger partial charge >= 0.3 is 0 Å². The summed E-state index contributed by atoms with van der Waals surface area (Å²) in [5.74, 6) is 0.373. The molecule has 1 amide bonds. The standard InChI is InChI=1S/C20H16N4O2/c25-20(21-14-17-12-7-13-26-17)18-19(15-8-3-1-4-9-15)24(23-22-18)16-10-5-2-6-11-16/h1-13H,14H2,(H,21,25). The number of hydrogen-bond donors (Lipinski definition) is 1. The van der Waals surface area contributed by atoms with E-state index in [1.54, 1.807) is 23.1 Å². The molecule has 0 aliphatic carbocycles. The number of furan rings is 1. The fraction of sp³-hybridized carbons (Fsp3) is 0.0500. The zero-order valence-electron chi connectivity index (χ0n) is 13.9. The van der Waals surface area contributed by atoms with Crippen molar-refractivity contribution in [1.29, 1.82) is 0 Å². The highest BCUT2D eigenvalue weighted by Gasteiger charge is 2.22. The van der Waals surface area contributed by atoms with Crippen LogP contribution in [0, 0.1) is 0 Å². The monoisotopic (exact) mass is 344 g/mol. The number of aromatic nitrogens is 3. The lowest BCUT2D eigenvalue weighted by Gasteiger charge is -2.08. The summed E-state index contributed by atoms with van der Waals surface area (Å²) >= 11 is 0. The summed E-state index contributed by atoms with van der Waals surface area (Å²) in [6.45, 7) is 0.290. The first-order valence-corrected chi connectivity index (χ1v) is 8.20. The van der Waals surface area contributed by atoms with Crippen LogP contribution in [0.15, 0.2) is 83.5 Å². The number of amides is 1. The number of carbonyl (C=O) groups excluding carboxylic acids is 1. The quantitative estimate of drug-likeness (QED) is 0.602. The number of nitrogens with zero attached hydrogens (tertiary/aromatic N) is 3. The second-order valence-corrected chi connectivity index (χ2v) is 5.66. The van der Waals surface area contributed by atoms with Crippen LogP contribution < -0.4 is 5.32 Å². The van der Waals surface area contributed by atoms with Crippen molar-refractivity contribution in [3.05, 3.63) is 90.5 Å². The van der Waals surface area contributed by atoms with E-state index in [9.17, 15) is 4.79 Å². The van der Waals surface area contributed by atoms with Gasteiger partial charge in [0.15, 0.2) is 5.69 Å². The van der Waals surface area contributed by atoms with Crippen LogP contribution >= 0.6 is 0 Å². The van der Waals surface area contributed by atoms with E-state index in [4.69, 9.17) is 4.42 Å². The summed E-state index contributed by atoms with van der Waals surface area (Å²) in [5, 5.41) is 11.2. The Kier molecular flexibility index (Phi) is 4.30. The van der Waals surface area contributed by atoms with Crippen molar-refractivity contribution in [2.75, 3.05) is 0 Å². The Labute approximate surface area is 150 Å². The van der Waals surface area contributed by atoms with E-state index < -0.39 is 0 Å². The summed E-state index contributed by atoms with van der Waals surface area (Å²) in [7, 11) is 0. The highest BCUT2D eigenvalue weighted by Crippen LogP contribution is 2.25. The number of hydrogen-bond acceptors (Lipinski definition) is 4. The summed E-state index contributed by atoms with van der Waals surface area (Å²) in [4.78, 5) is 12.7. The molecule has 6 nitrogen and oxygen atoms in total. The molecule has 6 heteroatoms. The van der Waals surface area contributed by atoms with Gasteiger partial charge < -0.3 is 9.73 Å². The number of para-hydroxylation sites is 1. The predicted octanol–water partition coefficient (Wildman–Crippen LogP) is 3.46. The summed E-state index contributed by atoms with van der Waals surface area (Å²) in [5.41, 5.74) is 2.62. The van der Waals surface area contributed by atoms with E-state index >= 15 is 0 Å². The van der Waals surface area contributed by atoms with Gasteiger partial charge in [0, 0.05) is 5.56 Å². The van der Waals surface area contributed by atoms with Crippen molar-refractivity contribution in [3.63, 3.8) is 0 Å². The molecular weight excluding hydrogens is 328 g/mol. The Morgan fingerprint density at radius 1 is 0.962 bits per heavy atom. The number of nitrogens with one attached hydrogen (secondary N) is 1. The second-order valence-electron chi connectivity index (χ2n) is 5.66. The zero-order chi connectivity index (χ0) is 17.8. The summed E-state index contributed by atoms with van der Waals surface area (Å²) in [6.07, 6.45) is 1.57. The van der Waals surface area contributed by atoms with Gasteiger partial charge in [-0.3, -0.25) is 4.79 Å². The normalized spacial score (nSPS) is 10.6. The Balaban J connectivity index is 1.72. The molecule has 128 valence electrons. The summed E-state index contributed by atoms with van der Waals surface area (Å²) in [6, 6.07) is 22.8. The molecule has 0 spiro atoms. The van der Waals surface area contributed by atoms with Gasteiger partial charge in [0.2, 0.25) is 0 Å². The SMILES string of the molecule is O=C(NCc1ccco1)c1nnn(-c2ccccc2)c1-c1ccccc1. The van der Waals surface area contributed by atoms with Crippen LogP contribution in [0.1, 0.15) is 16.2 Å². The minimum absolute atomic E-state index is 0.270. The fourth-order valence-electron chi connectivity index (χ4n) is 2.70. The molecule has 2 aromatic carbocycles. The molecule has 0 saturated carbocycles. The molecule has 2 aromatic heterocycles. The van der Waals surface area contributed by atoms with E-state index in [0.29, 0.717) is 11.5 Å². The molecule has 4 aromatic rings. The van der Waals surface area contributed by atoms with Gasteiger partial charge in [-0.2, -0.15) is 0 Å². The highest BCUT2D eigenvalue weighted by atomic mass is 16.3. The molecule has 0 aliphatic heterocycles. The van der Waals surface area contributed by atoms with Crippen molar-refractivity contribution in [3.8, 4) is 16.9 Å². The smallest absolute Gasteiger partial charge is 0.274 e. The molecule has 0 radical (unpaired) electrons. The van der Waals surface area contributed by atoms with Crippen LogP contribution in [0.4, 0.5) is 0 Å². The predicted molar refractivity (Wildman–Crippen MR) is 96.7 cm³/mol. The third-order valence-electron chi connectivity index (χ3n) is 3.94. The van der Waals surface area contributed by atoms with E-state index in [0.717, 1.165) is 11.3 Å². The molecular formula is C20H16N4O2. The molecule has 4 rings (SSSR count). The third kappa shape index (κ3) is 3.12. The first-order chi connectivity index (χ1) is 12.8. The number of carbonyl (C=O) groups is 1. The Morgan fingerprint density at radius 3 is 2.38 bits per heavy atom. The van der Waals surface area contributed by atoms with Gasteiger partial charge in [-0.15, -0.1) is 5.10 Å². The van der Waals surface area contributed by atoms with Gasteiger partial charge in [0.25, 0.3) is 5.91 Å². The lowest BCUT2D eigenvalue weighted by molar-refractivity contribution is 0.0943. The van der Waals surface area contributed by atoms with Gasteiger partial charge in [-0.1, -0.05) is 53.7 Å². The van der Waals surface area contributed by atoms with Gasteiger partial charge in [0.05, 0.1) is 18.5 Å². The van der Waals surface area contributed by atoms with E-state index in [1.165, 1.54) is 0 Å². The van der Waals surface area contributed by atoms with Crippen molar-refractivity contribution in [2.24, 2.45) is 0 Å². The van der Waals surface area contributed by atoms with Gasteiger partial charge in [0.1, 0.15) is 11.5 Å². The molecule has 0 fully saturated rings. The maximum Gasteiger partial charge on any atom is 0.274 e. The first-order valence-electron chi connectivity index (χ1n) is 8.20. The third-order valence-corrected chi connectivity index (χ3v) is 3.94. The lowest BCUT2D eigenvalue weighted by atomic mass is 10.1. The molecule has 0 saturated heterocycles. The van der Waals surface area contributed by atoms with E-state index in [-0.39, 0.29) is 18.1 Å². The minimum Gasteiger partial charge on any atom is -0.467 e. The zero-order valence-corrected chi connectivity index (χ0v) is 13.9. The topological polar surface area (TPSA) is 73.0 Å². The number of benzene rings is 2. The van der Waals surface area contributed by atoms with Crippen LogP contribution in [-0.2, 0) is 6.54 Å². The average molecular weight is 344 g/mol. The van der Waals surface area contributed by atoms with Crippen molar-refractivity contribution < 1.29 is 9.21 Å². The van der Waals surface area contributed by atoms with Crippen LogP contribution in [0.25, 0.3) is 16.9 Å². The molecule has 1 N–H and O–H groups in total. The van der Waals surface area contributed by atoms with Crippen LogP contribution in [0.2, 0.25) is 0 Å². The van der Waals surface area contributed by atoms with Crippen molar-refractivity contribution >= 4 is 5.91 Å². The molecule has 0 atom stereocenters. The highest BCUT2D eigenvalue weighted by molar-refractivity contribution is 5.98. The number of rotatable bonds is 5. The van der Waals surface area contributed by atoms with E-state index in [2.05, 4.69) is 15.6 Å². The van der Waals surface area contributed by atoms with Gasteiger partial charge in [-0.05, 0) is 24.3 Å². The van der Waals surface area contributed by atoms with Crippen molar-refractivity contribution in [2.45, 2.75) is 6.54 Å². The first kappa shape index (κ1) is 15.8. The van der Waals surface area contributed by atoms with Gasteiger partial charge in [-0.25, -0.2) is 4.68 Å². The average Bonchev–Trinajstić information content (AvgIpc) is 3.37. The molecule has 0 unspecified atom stereocenters. The maximum atomic E-state index is 12.7. The van der Waals surface area contributed by atoms with Crippen molar-refractivity contribution in [1.82, 2.24) is 20.3 Å². The van der Waals surface area contributed by atoms with Crippen LogP contribution in [0.3, 0.4) is 0 Å². The molecule has 26 heavy (non-hydrogen) atoms. The Bertz CT molecular complexity index is 993. The van der Waals surface area contributed by atoms with Crippen LogP contribution in [-0.4, -0.2) is 20.9 Å². The summed E-state index contributed by atoms with van der Waals surface area (Å²) < 4.78 is 6.93. The maximum absolute atomic E-state index is 12.7. The van der Waals surface area contributed by atoms with Crippen LogP contribution in [0.5, 0.6) is 0 Å². The van der Waals surface area contributed by atoms with E-state index in [1.807, 2.05) is 60.7 Å².